The topological polar surface area (TPSA) is 76.2 Å². The molecule has 0 bridgehead atoms. The molecular formula is C8H9ClN2O2. The van der Waals surface area contributed by atoms with Crippen molar-refractivity contribution in [1.29, 1.82) is 0 Å². The van der Waals surface area contributed by atoms with Gasteiger partial charge in [0, 0.05) is 18.9 Å². The van der Waals surface area contributed by atoms with Crippen LogP contribution in [0.1, 0.15) is 11.5 Å². The molecule has 0 fully saturated rings. The Hall–Kier alpha value is -1.13. The van der Waals surface area contributed by atoms with Crippen molar-refractivity contribution >= 4 is 17.6 Å². The first-order valence-corrected chi connectivity index (χ1v) is 4.07. The molecule has 1 atom stereocenters. The highest BCUT2D eigenvalue weighted by molar-refractivity contribution is 6.31. The number of nitrogens with two attached hydrogens (primary N) is 1. The standard InChI is InChI=1S/C8H9ClN2O2/c9-7-4-11-2-1-5(7)6(3-10)8(12)13/h1-2,4,6H,3,10H2,(H,12,13). The van der Waals surface area contributed by atoms with Gasteiger partial charge in [-0.3, -0.25) is 9.78 Å². The summed E-state index contributed by atoms with van der Waals surface area (Å²) in [6, 6.07) is 1.56. The summed E-state index contributed by atoms with van der Waals surface area (Å²) in [5, 5.41) is 9.13. The molecule has 0 aromatic carbocycles. The maximum atomic E-state index is 10.7. The van der Waals surface area contributed by atoms with Gasteiger partial charge in [0.15, 0.2) is 0 Å². The van der Waals surface area contributed by atoms with E-state index in [-0.39, 0.29) is 6.54 Å². The maximum Gasteiger partial charge on any atom is 0.312 e. The third kappa shape index (κ3) is 2.17. The molecule has 0 saturated heterocycles. The van der Waals surface area contributed by atoms with Gasteiger partial charge in [0.2, 0.25) is 0 Å². The monoisotopic (exact) mass is 200 g/mol. The van der Waals surface area contributed by atoms with Crippen molar-refractivity contribution in [2.45, 2.75) is 5.92 Å². The quantitative estimate of drug-likeness (QED) is 0.759. The lowest BCUT2D eigenvalue weighted by Gasteiger charge is -2.10. The Labute approximate surface area is 80.3 Å². The average Bonchev–Trinajstić information content (AvgIpc) is 2.09. The van der Waals surface area contributed by atoms with Gasteiger partial charge in [-0.15, -0.1) is 0 Å². The average molecular weight is 201 g/mol. The van der Waals surface area contributed by atoms with E-state index in [1.54, 1.807) is 6.07 Å². The van der Waals surface area contributed by atoms with Crippen molar-refractivity contribution in [1.82, 2.24) is 4.98 Å². The largest absolute Gasteiger partial charge is 0.481 e. The van der Waals surface area contributed by atoms with Crippen molar-refractivity contribution < 1.29 is 9.90 Å². The molecule has 1 unspecified atom stereocenters. The molecule has 0 aliphatic heterocycles. The molecule has 1 aromatic rings. The normalized spacial score (nSPS) is 12.5. The number of carboxylic acid groups (broad SMARTS) is 1. The fourth-order valence-electron chi connectivity index (χ4n) is 1.03. The predicted molar refractivity (Wildman–Crippen MR) is 48.7 cm³/mol. The zero-order valence-corrected chi connectivity index (χ0v) is 7.53. The van der Waals surface area contributed by atoms with Crippen LogP contribution >= 0.6 is 11.6 Å². The van der Waals surface area contributed by atoms with E-state index < -0.39 is 11.9 Å². The molecule has 1 rings (SSSR count). The predicted octanol–water partition coefficient (Wildman–Crippen LogP) is 0.862. The van der Waals surface area contributed by atoms with Gasteiger partial charge < -0.3 is 10.8 Å². The molecule has 5 heteroatoms. The summed E-state index contributed by atoms with van der Waals surface area (Å²) in [7, 11) is 0. The Kier molecular flexibility index (Phi) is 3.22. The van der Waals surface area contributed by atoms with Crippen molar-refractivity contribution in [2.75, 3.05) is 6.54 Å². The Morgan fingerprint density at radius 3 is 2.92 bits per heavy atom. The summed E-state index contributed by atoms with van der Waals surface area (Å²) in [5.74, 6) is -1.73. The van der Waals surface area contributed by atoms with Crippen LogP contribution in [0.4, 0.5) is 0 Å². The molecule has 3 N–H and O–H groups in total. The number of nitrogens with zero attached hydrogens (tertiary/aromatic N) is 1. The summed E-state index contributed by atoms with van der Waals surface area (Å²) < 4.78 is 0. The fraction of sp³-hybridized carbons (Fsp3) is 0.250. The number of hydrogen-bond donors (Lipinski definition) is 2. The number of hydrogen-bond acceptors (Lipinski definition) is 3. The molecule has 1 heterocycles. The van der Waals surface area contributed by atoms with Crippen LogP contribution in [-0.4, -0.2) is 22.6 Å². The number of halogens is 1. The molecule has 0 saturated carbocycles. The number of carbonyl (C=O) groups is 1. The lowest BCUT2D eigenvalue weighted by Crippen LogP contribution is -2.21. The Balaban J connectivity index is 3.04. The van der Waals surface area contributed by atoms with E-state index in [1.807, 2.05) is 0 Å². The van der Waals surface area contributed by atoms with Gasteiger partial charge in [-0.1, -0.05) is 11.6 Å². The SMILES string of the molecule is NCC(C(=O)O)c1ccncc1Cl. The van der Waals surface area contributed by atoms with Gasteiger partial charge in [0.05, 0.1) is 10.9 Å². The maximum absolute atomic E-state index is 10.7. The van der Waals surface area contributed by atoms with E-state index in [4.69, 9.17) is 22.4 Å². The van der Waals surface area contributed by atoms with Crippen molar-refractivity contribution in [3.8, 4) is 0 Å². The highest BCUT2D eigenvalue weighted by atomic mass is 35.5. The second-order valence-electron chi connectivity index (χ2n) is 2.52. The molecule has 0 spiro atoms. The van der Waals surface area contributed by atoms with Gasteiger partial charge in [0.1, 0.15) is 0 Å². The summed E-state index contributed by atoms with van der Waals surface area (Å²) in [6.45, 7) is 0.0269. The van der Waals surface area contributed by atoms with Crippen LogP contribution in [0.15, 0.2) is 18.5 Å². The zero-order chi connectivity index (χ0) is 9.84. The van der Waals surface area contributed by atoms with Gasteiger partial charge in [-0.05, 0) is 11.6 Å². The lowest BCUT2D eigenvalue weighted by atomic mass is 10.0. The minimum absolute atomic E-state index is 0.0269. The van der Waals surface area contributed by atoms with E-state index in [1.165, 1.54) is 12.4 Å². The van der Waals surface area contributed by atoms with E-state index in [0.29, 0.717) is 10.6 Å². The van der Waals surface area contributed by atoms with Crippen LogP contribution in [0.3, 0.4) is 0 Å². The van der Waals surface area contributed by atoms with Crippen LogP contribution in [0.5, 0.6) is 0 Å². The Morgan fingerprint density at radius 1 is 1.77 bits per heavy atom. The smallest absolute Gasteiger partial charge is 0.312 e. The third-order valence-electron chi connectivity index (χ3n) is 1.71. The molecular weight excluding hydrogens is 192 g/mol. The number of rotatable bonds is 3. The molecule has 0 aliphatic carbocycles. The molecule has 70 valence electrons. The second kappa shape index (κ2) is 4.20. The third-order valence-corrected chi connectivity index (χ3v) is 2.03. The van der Waals surface area contributed by atoms with Crippen LogP contribution in [0.2, 0.25) is 5.02 Å². The minimum Gasteiger partial charge on any atom is -0.481 e. The van der Waals surface area contributed by atoms with Gasteiger partial charge in [-0.2, -0.15) is 0 Å². The van der Waals surface area contributed by atoms with Crippen molar-refractivity contribution in [3.05, 3.63) is 29.0 Å². The van der Waals surface area contributed by atoms with Gasteiger partial charge >= 0.3 is 5.97 Å². The van der Waals surface area contributed by atoms with E-state index in [2.05, 4.69) is 4.98 Å². The summed E-state index contributed by atoms with van der Waals surface area (Å²) >= 11 is 5.76. The lowest BCUT2D eigenvalue weighted by molar-refractivity contribution is -0.138. The van der Waals surface area contributed by atoms with Crippen LogP contribution in [0, 0.1) is 0 Å². The van der Waals surface area contributed by atoms with Crippen LogP contribution in [0.25, 0.3) is 0 Å². The molecule has 0 aliphatic rings. The second-order valence-corrected chi connectivity index (χ2v) is 2.93. The Morgan fingerprint density at radius 2 is 2.46 bits per heavy atom. The molecule has 0 amide bonds. The first-order valence-electron chi connectivity index (χ1n) is 3.69. The zero-order valence-electron chi connectivity index (χ0n) is 6.77. The number of aromatic nitrogens is 1. The number of pyridine rings is 1. The van der Waals surface area contributed by atoms with E-state index in [9.17, 15) is 4.79 Å². The van der Waals surface area contributed by atoms with Gasteiger partial charge in [0.25, 0.3) is 0 Å². The van der Waals surface area contributed by atoms with E-state index in [0.717, 1.165) is 0 Å². The fourth-order valence-corrected chi connectivity index (χ4v) is 1.28. The van der Waals surface area contributed by atoms with Crippen LogP contribution in [-0.2, 0) is 4.79 Å². The molecule has 1 aromatic heterocycles. The number of carboxylic acids is 1. The highest BCUT2D eigenvalue weighted by Crippen LogP contribution is 2.22. The first-order chi connectivity index (χ1) is 6.16. The summed E-state index contributed by atoms with van der Waals surface area (Å²) in [4.78, 5) is 14.5. The number of aliphatic carboxylic acids is 1. The molecule has 4 nitrogen and oxygen atoms in total. The summed E-state index contributed by atoms with van der Waals surface area (Å²) in [5.41, 5.74) is 5.82. The van der Waals surface area contributed by atoms with Crippen molar-refractivity contribution in [2.24, 2.45) is 5.73 Å². The minimum atomic E-state index is -0.976. The van der Waals surface area contributed by atoms with Crippen LogP contribution < -0.4 is 5.73 Å². The molecule has 0 radical (unpaired) electrons. The summed E-state index contributed by atoms with van der Waals surface area (Å²) in [6.07, 6.45) is 2.90. The Bertz CT molecular complexity index is 317. The first kappa shape index (κ1) is 9.95. The van der Waals surface area contributed by atoms with E-state index >= 15 is 0 Å². The van der Waals surface area contributed by atoms with Crippen molar-refractivity contribution in [3.63, 3.8) is 0 Å². The van der Waals surface area contributed by atoms with Gasteiger partial charge in [-0.25, -0.2) is 0 Å². The molecule has 13 heavy (non-hydrogen) atoms. The highest BCUT2D eigenvalue weighted by Gasteiger charge is 2.20.